The number of anilines is 1. The van der Waals surface area contributed by atoms with Gasteiger partial charge in [0.25, 0.3) is 5.91 Å². The van der Waals surface area contributed by atoms with Crippen molar-refractivity contribution in [1.82, 2.24) is 4.98 Å². The molecule has 2 aromatic rings. The molecule has 2 N–H and O–H groups in total. The zero-order chi connectivity index (χ0) is 18.5. The van der Waals surface area contributed by atoms with Crippen LogP contribution in [0.2, 0.25) is 0 Å². The Hall–Kier alpha value is -2.36. The number of rotatable bonds is 2. The van der Waals surface area contributed by atoms with Gasteiger partial charge in [0, 0.05) is 23.4 Å². The third-order valence-corrected chi connectivity index (χ3v) is 5.77. The Morgan fingerprint density at radius 1 is 1.15 bits per heavy atom. The summed E-state index contributed by atoms with van der Waals surface area (Å²) in [5.74, 6) is -0.0115. The highest BCUT2D eigenvalue weighted by Crippen LogP contribution is 2.37. The van der Waals surface area contributed by atoms with Crippen molar-refractivity contribution < 1.29 is 9.59 Å². The molecule has 0 fully saturated rings. The van der Waals surface area contributed by atoms with Gasteiger partial charge in [-0.2, -0.15) is 0 Å². The average Bonchev–Trinajstić information content (AvgIpc) is 2.90. The van der Waals surface area contributed by atoms with Crippen molar-refractivity contribution in [3.8, 4) is 0 Å². The number of benzene rings is 1. The van der Waals surface area contributed by atoms with Crippen LogP contribution in [0.1, 0.15) is 76.3 Å². The zero-order valence-electron chi connectivity index (χ0n) is 15.8. The standard InChI is InChI=1S/C22H26N2O2/c1-13-19-17(11-22(2,3)12-18(19)25)23-20(13)21(26)24-16-10-6-8-14-7-4-5-9-15(14)16/h6,8,10,23H,4-5,7,9,11-12H2,1-3H3,(H,24,26). The second kappa shape index (κ2) is 6.11. The van der Waals surface area contributed by atoms with Crippen LogP contribution in [-0.4, -0.2) is 16.7 Å². The lowest BCUT2D eigenvalue weighted by Gasteiger charge is -2.28. The van der Waals surface area contributed by atoms with Crippen molar-refractivity contribution in [2.45, 2.75) is 59.3 Å². The second-order valence-corrected chi connectivity index (χ2v) is 8.52. The van der Waals surface area contributed by atoms with Crippen molar-refractivity contribution in [3.63, 3.8) is 0 Å². The zero-order valence-corrected chi connectivity index (χ0v) is 15.8. The third kappa shape index (κ3) is 2.87. The van der Waals surface area contributed by atoms with E-state index in [1.807, 2.05) is 19.1 Å². The van der Waals surface area contributed by atoms with Gasteiger partial charge in [0.05, 0.1) is 0 Å². The summed E-state index contributed by atoms with van der Waals surface area (Å²) in [6.07, 6.45) is 5.80. The van der Waals surface area contributed by atoms with Crippen LogP contribution in [0.3, 0.4) is 0 Å². The number of hydrogen-bond acceptors (Lipinski definition) is 2. The van der Waals surface area contributed by atoms with Gasteiger partial charge in [0.15, 0.2) is 5.78 Å². The average molecular weight is 350 g/mol. The predicted molar refractivity (Wildman–Crippen MR) is 103 cm³/mol. The number of ketones is 1. The predicted octanol–water partition coefficient (Wildman–Crippen LogP) is 4.61. The first kappa shape index (κ1) is 17.1. The molecule has 0 saturated carbocycles. The molecule has 4 rings (SSSR count). The summed E-state index contributed by atoms with van der Waals surface area (Å²) in [6.45, 7) is 6.07. The summed E-state index contributed by atoms with van der Waals surface area (Å²) in [5.41, 5.74) is 6.39. The lowest BCUT2D eigenvalue weighted by Crippen LogP contribution is -2.26. The Bertz CT molecular complexity index is 905. The molecule has 0 unspecified atom stereocenters. The first-order valence-electron chi connectivity index (χ1n) is 9.52. The monoisotopic (exact) mass is 350 g/mol. The van der Waals surface area contributed by atoms with Gasteiger partial charge < -0.3 is 10.3 Å². The van der Waals surface area contributed by atoms with Crippen LogP contribution in [0.5, 0.6) is 0 Å². The molecule has 0 bridgehead atoms. The molecule has 1 amide bonds. The molecule has 4 nitrogen and oxygen atoms in total. The summed E-state index contributed by atoms with van der Waals surface area (Å²) in [5, 5.41) is 3.09. The van der Waals surface area contributed by atoms with Crippen LogP contribution in [0.4, 0.5) is 5.69 Å². The van der Waals surface area contributed by atoms with Crippen molar-refractivity contribution in [2.75, 3.05) is 5.32 Å². The number of H-pyrrole nitrogens is 1. The van der Waals surface area contributed by atoms with E-state index in [-0.39, 0.29) is 17.1 Å². The number of fused-ring (bicyclic) bond motifs is 2. The number of amides is 1. The van der Waals surface area contributed by atoms with Gasteiger partial charge in [-0.25, -0.2) is 0 Å². The lowest BCUT2D eigenvalue weighted by atomic mass is 9.75. The van der Waals surface area contributed by atoms with Crippen molar-refractivity contribution in [1.29, 1.82) is 0 Å². The number of Topliss-reactive ketones (excluding diaryl/α,β-unsaturated/α-hetero) is 1. The lowest BCUT2D eigenvalue weighted by molar-refractivity contribution is 0.0910. The number of aromatic nitrogens is 1. The van der Waals surface area contributed by atoms with Crippen LogP contribution in [0, 0.1) is 12.3 Å². The number of aromatic amines is 1. The molecule has 0 spiro atoms. The van der Waals surface area contributed by atoms with E-state index in [1.54, 1.807) is 0 Å². The highest BCUT2D eigenvalue weighted by Gasteiger charge is 2.35. The fourth-order valence-electron chi connectivity index (χ4n) is 4.54. The normalized spacial score (nSPS) is 18.2. The highest BCUT2D eigenvalue weighted by atomic mass is 16.2. The summed E-state index contributed by atoms with van der Waals surface area (Å²) in [6, 6.07) is 6.15. The van der Waals surface area contributed by atoms with Crippen molar-refractivity contribution >= 4 is 17.4 Å². The molecule has 1 aromatic heterocycles. The van der Waals surface area contributed by atoms with E-state index in [0.29, 0.717) is 12.1 Å². The Morgan fingerprint density at radius 2 is 1.92 bits per heavy atom. The molecule has 1 heterocycles. The highest BCUT2D eigenvalue weighted by molar-refractivity contribution is 6.09. The molecule has 136 valence electrons. The maximum atomic E-state index is 13.0. The van der Waals surface area contributed by atoms with E-state index in [4.69, 9.17) is 0 Å². The van der Waals surface area contributed by atoms with Gasteiger partial charge >= 0.3 is 0 Å². The van der Waals surface area contributed by atoms with Gasteiger partial charge in [0.2, 0.25) is 0 Å². The first-order chi connectivity index (χ1) is 12.4. The first-order valence-corrected chi connectivity index (χ1v) is 9.52. The molecular formula is C22H26N2O2. The van der Waals surface area contributed by atoms with Crippen molar-refractivity contribution in [3.05, 3.63) is 51.8 Å². The van der Waals surface area contributed by atoms with Crippen LogP contribution in [-0.2, 0) is 19.3 Å². The van der Waals surface area contributed by atoms with Gasteiger partial charge in [-0.05, 0) is 67.2 Å². The molecule has 0 aliphatic heterocycles. The Kier molecular flexibility index (Phi) is 4.02. The van der Waals surface area contributed by atoms with E-state index in [2.05, 4.69) is 30.2 Å². The topological polar surface area (TPSA) is 62.0 Å². The number of carbonyl (C=O) groups is 2. The van der Waals surface area contributed by atoms with Gasteiger partial charge in [-0.1, -0.05) is 26.0 Å². The molecule has 2 aliphatic carbocycles. The van der Waals surface area contributed by atoms with Crippen LogP contribution in [0.15, 0.2) is 18.2 Å². The van der Waals surface area contributed by atoms with E-state index in [0.717, 1.165) is 41.8 Å². The number of carbonyl (C=O) groups excluding carboxylic acids is 2. The molecule has 0 atom stereocenters. The second-order valence-electron chi connectivity index (χ2n) is 8.52. The van der Waals surface area contributed by atoms with E-state index in [1.165, 1.54) is 24.0 Å². The number of hydrogen-bond donors (Lipinski definition) is 2. The Balaban J connectivity index is 1.66. The molecule has 4 heteroatoms. The molecular weight excluding hydrogens is 324 g/mol. The van der Waals surface area contributed by atoms with Crippen LogP contribution < -0.4 is 5.32 Å². The molecule has 2 aliphatic rings. The minimum Gasteiger partial charge on any atom is -0.354 e. The van der Waals surface area contributed by atoms with E-state index >= 15 is 0 Å². The van der Waals surface area contributed by atoms with Gasteiger partial charge in [-0.15, -0.1) is 0 Å². The maximum Gasteiger partial charge on any atom is 0.272 e. The van der Waals surface area contributed by atoms with E-state index in [9.17, 15) is 9.59 Å². The van der Waals surface area contributed by atoms with E-state index < -0.39 is 0 Å². The number of nitrogens with one attached hydrogen (secondary N) is 2. The summed E-state index contributed by atoms with van der Waals surface area (Å²) in [7, 11) is 0. The smallest absolute Gasteiger partial charge is 0.272 e. The van der Waals surface area contributed by atoms with Gasteiger partial charge in [0.1, 0.15) is 5.69 Å². The molecule has 26 heavy (non-hydrogen) atoms. The number of aryl methyl sites for hydroxylation is 1. The van der Waals surface area contributed by atoms with Crippen LogP contribution in [0.25, 0.3) is 0 Å². The Morgan fingerprint density at radius 3 is 2.73 bits per heavy atom. The molecule has 0 radical (unpaired) electrons. The van der Waals surface area contributed by atoms with Crippen LogP contribution >= 0.6 is 0 Å². The molecule has 0 saturated heterocycles. The minimum absolute atomic E-state index is 0.0619. The minimum atomic E-state index is -0.151. The fraction of sp³-hybridized carbons (Fsp3) is 0.455. The summed E-state index contributed by atoms with van der Waals surface area (Å²) < 4.78 is 0. The quantitative estimate of drug-likeness (QED) is 0.831. The van der Waals surface area contributed by atoms with Crippen molar-refractivity contribution in [2.24, 2.45) is 5.41 Å². The third-order valence-electron chi connectivity index (χ3n) is 5.77. The van der Waals surface area contributed by atoms with Gasteiger partial charge in [-0.3, -0.25) is 9.59 Å². The SMILES string of the molecule is Cc1c(C(=O)Nc2cccc3c2CCCC3)[nH]c2c1C(=O)CC(C)(C)C2. The Labute approximate surface area is 154 Å². The summed E-state index contributed by atoms with van der Waals surface area (Å²) in [4.78, 5) is 28.8. The maximum absolute atomic E-state index is 13.0. The largest absolute Gasteiger partial charge is 0.354 e. The molecule has 1 aromatic carbocycles. The fourth-order valence-corrected chi connectivity index (χ4v) is 4.54. The summed E-state index contributed by atoms with van der Waals surface area (Å²) >= 11 is 0.